The van der Waals surface area contributed by atoms with E-state index in [0.717, 1.165) is 11.4 Å². The Morgan fingerprint density at radius 2 is 2.00 bits per heavy atom. The van der Waals surface area contributed by atoms with Gasteiger partial charge in [0.25, 0.3) is 0 Å². The van der Waals surface area contributed by atoms with Crippen molar-refractivity contribution in [2.24, 2.45) is 0 Å². The van der Waals surface area contributed by atoms with Crippen LogP contribution < -0.4 is 0 Å². The van der Waals surface area contributed by atoms with Gasteiger partial charge in [0, 0.05) is 0 Å². The molecule has 0 saturated carbocycles. The highest BCUT2D eigenvalue weighted by molar-refractivity contribution is 5.16. The fourth-order valence-electron chi connectivity index (χ4n) is 1.16. The summed E-state index contributed by atoms with van der Waals surface area (Å²) in [5.74, 6) is 0.511. The van der Waals surface area contributed by atoms with E-state index < -0.39 is 0 Å². The van der Waals surface area contributed by atoms with Gasteiger partial charge in [-0.25, -0.2) is 9.07 Å². The molecular weight excluding hydrogens is 183 g/mol. The van der Waals surface area contributed by atoms with Crippen LogP contribution in [0.5, 0.6) is 0 Å². The molecule has 0 fully saturated rings. The second-order valence-electron chi connectivity index (χ2n) is 3.01. The summed E-state index contributed by atoms with van der Waals surface area (Å²) < 4.78 is 14.3. The molecule has 0 unspecified atom stereocenters. The van der Waals surface area contributed by atoms with Gasteiger partial charge in [-0.1, -0.05) is 12.1 Å². The van der Waals surface area contributed by atoms with Gasteiger partial charge in [0.1, 0.15) is 11.6 Å². The summed E-state index contributed by atoms with van der Waals surface area (Å²) >= 11 is 0. The van der Waals surface area contributed by atoms with Gasteiger partial charge in [-0.3, -0.25) is 0 Å². The van der Waals surface area contributed by atoms with Crippen LogP contribution in [0.15, 0.2) is 24.3 Å². The lowest BCUT2D eigenvalue weighted by Gasteiger charge is -2.01. The summed E-state index contributed by atoms with van der Waals surface area (Å²) in [7, 11) is 0. The zero-order valence-electron chi connectivity index (χ0n) is 7.68. The molecule has 0 saturated heterocycles. The summed E-state index contributed by atoms with van der Waals surface area (Å²) in [5, 5.41) is 11.1. The minimum absolute atomic E-state index is 0.234. The predicted octanol–water partition coefficient (Wildman–Crippen LogP) is 1.17. The molecule has 0 aliphatic rings. The molecule has 0 aliphatic heterocycles. The van der Waals surface area contributed by atoms with Crippen molar-refractivity contribution in [2.45, 2.75) is 13.5 Å². The number of aromatic nitrogens is 4. The van der Waals surface area contributed by atoms with Crippen molar-refractivity contribution >= 4 is 0 Å². The van der Waals surface area contributed by atoms with Crippen LogP contribution in [-0.2, 0) is 6.54 Å². The van der Waals surface area contributed by atoms with E-state index in [0.29, 0.717) is 6.54 Å². The third-order valence-corrected chi connectivity index (χ3v) is 1.96. The van der Waals surface area contributed by atoms with Crippen molar-refractivity contribution in [3.8, 4) is 0 Å². The van der Waals surface area contributed by atoms with Gasteiger partial charge in [0.2, 0.25) is 0 Å². The normalized spacial score (nSPS) is 10.4. The molecular formula is C9H9FN4. The van der Waals surface area contributed by atoms with E-state index in [1.54, 1.807) is 16.8 Å². The molecule has 1 aromatic carbocycles. The minimum Gasteiger partial charge on any atom is -0.225 e. The van der Waals surface area contributed by atoms with Crippen molar-refractivity contribution in [3.05, 3.63) is 41.5 Å². The molecule has 14 heavy (non-hydrogen) atoms. The Kier molecular flexibility index (Phi) is 2.22. The van der Waals surface area contributed by atoms with E-state index in [2.05, 4.69) is 15.5 Å². The highest BCUT2D eigenvalue weighted by atomic mass is 19.1. The van der Waals surface area contributed by atoms with Crippen LogP contribution in [0.25, 0.3) is 0 Å². The summed E-state index contributed by atoms with van der Waals surface area (Å²) in [6.45, 7) is 2.39. The molecule has 4 nitrogen and oxygen atoms in total. The van der Waals surface area contributed by atoms with E-state index in [1.165, 1.54) is 12.1 Å². The predicted molar refractivity (Wildman–Crippen MR) is 48.1 cm³/mol. The van der Waals surface area contributed by atoms with Gasteiger partial charge < -0.3 is 0 Å². The Bertz CT molecular complexity index is 421. The molecule has 5 heteroatoms. The third kappa shape index (κ3) is 1.76. The zero-order chi connectivity index (χ0) is 9.97. The topological polar surface area (TPSA) is 43.6 Å². The van der Waals surface area contributed by atoms with E-state index in [9.17, 15) is 4.39 Å². The maximum atomic E-state index is 12.6. The van der Waals surface area contributed by atoms with Crippen LogP contribution in [0.1, 0.15) is 11.4 Å². The van der Waals surface area contributed by atoms with Crippen LogP contribution in [0.3, 0.4) is 0 Å². The molecule has 0 radical (unpaired) electrons. The van der Waals surface area contributed by atoms with Crippen LogP contribution in [0.4, 0.5) is 4.39 Å². The number of rotatable bonds is 2. The fraction of sp³-hybridized carbons (Fsp3) is 0.222. The number of halogens is 1. The van der Waals surface area contributed by atoms with Crippen LogP contribution in [-0.4, -0.2) is 20.2 Å². The molecule has 0 N–H and O–H groups in total. The first-order valence-corrected chi connectivity index (χ1v) is 4.23. The summed E-state index contributed by atoms with van der Waals surface area (Å²) in [4.78, 5) is 0. The van der Waals surface area contributed by atoms with E-state index >= 15 is 0 Å². The molecule has 0 bridgehead atoms. The van der Waals surface area contributed by atoms with Crippen LogP contribution in [0, 0.1) is 12.7 Å². The molecule has 0 atom stereocenters. The molecule has 1 aromatic heterocycles. The Hall–Kier alpha value is -1.78. The number of aryl methyl sites for hydroxylation is 1. The van der Waals surface area contributed by atoms with Gasteiger partial charge in [-0.05, 0) is 35.0 Å². The van der Waals surface area contributed by atoms with Gasteiger partial charge in [0.05, 0.1) is 6.54 Å². The number of hydrogen-bond donors (Lipinski definition) is 0. The van der Waals surface area contributed by atoms with Crippen molar-refractivity contribution in [1.29, 1.82) is 0 Å². The van der Waals surface area contributed by atoms with Crippen LogP contribution in [0.2, 0.25) is 0 Å². The Morgan fingerprint density at radius 3 is 2.57 bits per heavy atom. The summed E-state index contributed by atoms with van der Waals surface area (Å²) in [5.41, 5.74) is 0.974. The number of benzene rings is 1. The van der Waals surface area contributed by atoms with Crippen molar-refractivity contribution < 1.29 is 4.39 Å². The lowest BCUT2D eigenvalue weighted by atomic mass is 10.2. The van der Waals surface area contributed by atoms with E-state index in [1.807, 2.05) is 6.92 Å². The summed E-state index contributed by atoms with van der Waals surface area (Å²) in [6.07, 6.45) is 0. The monoisotopic (exact) mass is 192 g/mol. The van der Waals surface area contributed by atoms with Gasteiger partial charge >= 0.3 is 0 Å². The summed E-state index contributed by atoms with van der Waals surface area (Å²) in [6, 6.07) is 6.29. The van der Waals surface area contributed by atoms with Crippen LogP contribution >= 0.6 is 0 Å². The lowest BCUT2D eigenvalue weighted by Crippen LogP contribution is -2.04. The third-order valence-electron chi connectivity index (χ3n) is 1.96. The molecule has 2 aromatic rings. The maximum Gasteiger partial charge on any atom is 0.148 e. The molecule has 0 amide bonds. The standard InChI is InChI=1S/C9H9FN4/c1-7-11-12-13-14(7)6-8-2-4-9(10)5-3-8/h2-5H,6H2,1H3. The molecule has 72 valence electrons. The number of nitrogens with zero attached hydrogens (tertiary/aromatic N) is 4. The van der Waals surface area contributed by atoms with Gasteiger partial charge in [-0.2, -0.15) is 0 Å². The Morgan fingerprint density at radius 1 is 1.29 bits per heavy atom. The van der Waals surface area contributed by atoms with Gasteiger partial charge in [-0.15, -0.1) is 5.10 Å². The molecule has 1 heterocycles. The average Bonchev–Trinajstić information content (AvgIpc) is 2.56. The minimum atomic E-state index is -0.234. The first-order valence-electron chi connectivity index (χ1n) is 4.23. The zero-order valence-corrected chi connectivity index (χ0v) is 7.68. The SMILES string of the molecule is Cc1nnnn1Cc1ccc(F)cc1. The second-order valence-corrected chi connectivity index (χ2v) is 3.01. The molecule has 2 rings (SSSR count). The van der Waals surface area contributed by atoms with Crippen molar-refractivity contribution in [1.82, 2.24) is 20.2 Å². The van der Waals surface area contributed by atoms with Crippen molar-refractivity contribution in [2.75, 3.05) is 0 Å². The fourth-order valence-corrected chi connectivity index (χ4v) is 1.16. The quantitative estimate of drug-likeness (QED) is 0.717. The number of tetrazole rings is 1. The Labute approximate surface area is 80.4 Å². The highest BCUT2D eigenvalue weighted by Crippen LogP contribution is 2.04. The smallest absolute Gasteiger partial charge is 0.148 e. The lowest BCUT2D eigenvalue weighted by molar-refractivity contribution is 0.617. The second kappa shape index (κ2) is 3.53. The van der Waals surface area contributed by atoms with E-state index in [4.69, 9.17) is 0 Å². The first kappa shape index (κ1) is 8.80. The number of hydrogen-bond acceptors (Lipinski definition) is 3. The molecule has 0 aliphatic carbocycles. The van der Waals surface area contributed by atoms with E-state index in [-0.39, 0.29) is 5.82 Å². The highest BCUT2D eigenvalue weighted by Gasteiger charge is 2.00. The Balaban J connectivity index is 2.19. The largest absolute Gasteiger partial charge is 0.225 e. The maximum absolute atomic E-state index is 12.6. The van der Waals surface area contributed by atoms with Gasteiger partial charge in [0.15, 0.2) is 0 Å². The van der Waals surface area contributed by atoms with Crippen molar-refractivity contribution in [3.63, 3.8) is 0 Å². The first-order chi connectivity index (χ1) is 6.75. The average molecular weight is 192 g/mol. The molecule has 0 spiro atoms.